The van der Waals surface area contributed by atoms with E-state index in [1.165, 1.54) is 0 Å². The first-order valence-corrected chi connectivity index (χ1v) is 9.90. The minimum absolute atomic E-state index is 0.227. The number of esters is 1. The number of hydrogen-bond acceptors (Lipinski definition) is 7. The van der Waals surface area contributed by atoms with Crippen LogP contribution in [-0.2, 0) is 16.1 Å². The Hall–Kier alpha value is -3.03. The van der Waals surface area contributed by atoms with E-state index in [-0.39, 0.29) is 18.4 Å². The molecule has 3 heterocycles. The number of benzene rings is 1. The molecule has 2 aromatic rings. The van der Waals surface area contributed by atoms with E-state index < -0.39 is 5.97 Å². The van der Waals surface area contributed by atoms with Gasteiger partial charge in [-0.05, 0) is 19.4 Å². The van der Waals surface area contributed by atoms with Crippen LogP contribution in [0.1, 0.15) is 28.7 Å². The number of oxazole rings is 1. The topological polar surface area (TPSA) is 85.1 Å². The van der Waals surface area contributed by atoms with Gasteiger partial charge in [-0.15, -0.1) is 0 Å². The van der Waals surface area contributed by atoms with Gasteiger partial charge in [-0.1, -0.05) is 30.3 Å². The second-order valence-electron chi connectivity index (χ2n) is 7.49. The van der Waals surface area contributed by atoms with Gasteiger partial charge in [0, 0.05) is 38.0 Å². The third kappa shape index (κ3) is 4.06. The minimum atomic E-state index is -0.466. The van der Waals surface area contributed by atoms with Gasteiger partial charge in [0.2, 0.25) is 0 Å². The van der Waals surface area contributed by atoms with Crippen LogP contribution in [0, 0.1) is 18.8 Å². The Morgan fingerprint density at radius 2 is 1.79 bits per heavy atom. The summed E-state index contributed by atoms with van der Waals surface area (Å²) < 4.78 is 16.2. The maximum Gasteiger partial charge on any atom is 0.410 e. The summed E-state index contributed by atoms with van der Waals surface area (Å²) in [6.07, 6.45) is -0.272. The van der Waals surface area contributed by atoms with E-state index >= 15 is 0 Å². The van der Waals surface area contributed by atoms with Gasteiger partial charge in [0.25, 0.3) is 6.01 Å². The molecule has 0 N–H and O–H groups in total. The number of amides is 1. The predicted octanol–water partition coefficient (Wildman–Crippen LogP) is 2.86. The summed E-state index contributed by atoms with van der Waals surface area (Å²) in [6.45, 7) is 6.81. The van der Waals surface area contributed by atoms with Crippen LogP contribution in [0.2, 0.25) is 0 Å². The first kappa shape index (κ1) is 19.3. The number of aryl methyl sites for hydroxylation is 1. The molecule has 2 atom stereocenters. The van der Waals surface area contributed by atoms with Crippen molar-refractivity contribution in [2.75, 3.05) is 37.7 Å². The minimum Gasteiger partial charge on any atom is -0.461 e. The van der Waals surface area contributed by atoms with Gasteiger partial charge in [0.1, 0.15) is 12.4 Å². The number of likely N-dealkylation sites (tertiary alicyclic amines) is 1. The molecule has 8 heteroatoms. The first-order valence-electron chi connectivity index (χ1n) is 9.90. The SMILES string of the molecule is CCOC(=O)c1nc(N2C[C@H]3CN(C(=O)OCc4ccccc4)C[C@H]3C2)oc1C. The highest BCUT2D eigenvalue weighted by atomic mass is 16.6. The van der Waals surface area contributed by atoms with E-state index in [2.05, 4.69) is 4.98 Å². The molecule has 0 bridgehead atoms. The molecule has 0 spiro atoms. The van der Waals surface area contributed by atoms with Crippen LogP contribution in [0.15, 0.2) is 34.7 Å². The Bertz CT molecular complexity index is 868. The zero-order valence-corrected chi connectivity index (χ0v) is 16.7. The van der Waals surface area contributed by atoms with Crippen LogP contribution >= 0.6 is 0 Å². The lowest BCUT2D eigenvalue weighted by Crippen LogP contribution is -2.33. The number of fused-ring (bicyclic) bond motifs is 1. The zero-order valence-electron chi connectivity index (χ0n) is 16.7. The lowest BCUT2D eigenvalue weighted by atomic mass is 10.0. The van der Waals surface area contributed by atoms with Crippen molar-refractivity contribution in [2.45, 2.75) is 20.5 Å². The normalized spacial score (nSPS) is 20.6. The van der Waals surface area contributed by atoms with Gasteiger partial charge in [-0.2, -0.15) is 4.98 Å². The largest absolute Gasteiger partial charge is 0.461 e. The molecule has 2 aliphatic rings. The van der Waals surface area contributed by atoms with Gasteiger partial charge in [0.15, 0.2) is 5.69 Å². The average molecular weight is 399 g/mol. The van der Waals surface area contributed by atoms with Gasteiger partial charge in [0.05, 0.1) is 6.61 Å². The second kappa shape index (κ2) is 8.14. The Morgan fingerprint density at radius 1 is 1.10 bits per heavy atom. The van der Waals surface area contributed by atoms with Crippen LogP contribution in [-0.4, -0.2) is 54.7 Å². The van der Waals surface area contributed by atoms with Crippen molar-refractivity contribution < 1.29 is 23.5 Å². The maximum absolute atomic E-state index is 12.4. The van der Waals surface area contributed by atoms with Crippen molar-refractivity contribution in [2.24, 2.45) is 11.8 Å². The highest BCUT2D eigenvalue weighted by Crippen LogP contribution is 2.34. The monoisotopic (exact) mass is 399 g/mol. The molecule has 2 aliphatic heterocycles. The smallest absolute Gasteiger partial charge is 0.410 e. The number of anilines is 1. The van der Waals surface area contributed by atoms with Crippen LogP contribution in [0.5, 0.6) is 0 Å². The summed E-state index contributed by atoms with van der Waals surface area (Å²) in [4.78, 5) is 32.5. The summed E-state index contributed by atoms with van der Waals surface area (Å²) >= 11 is 0. The standard InChI is InChI=1S/C21H25N3O5/c1-3-27-19(25)18-14(2)29-20(22-18)23-9-16-11-24(12-17(16)10-23)21(26)28-13-15-7-5-4-6-8-15/h4-8,16-17H,3,9-13H2,1-2H3/t16-,17+. The number of carbonyl (C=O) groups is 2. The van der Waals surface area contributed by atoms with E-state index in [1.54, 1.807) is 18.7 Å². The van der Waals surface area contributed by atoms with E-state index in [9.17, 15) is 9.59 Å². The highest BCUT2D eigenvalue weighted by molar-refractivity contribution is 5.88. The maximum atomic E-state index is 12.4. The number of ether oxygens (including phenoxy) is 2. The third-order valence-corrected chi connectivity index (χ3v) is 5.47. The number of carbonyl (C=O) groups excluding carboxylic acids is 2. The molecule has 0 aliphatic carbocycles. The molecular weight excluding hydrogens is 374 g/mol. The number of rotatable bonds is 5. The van der Waals surface area contributed by atoms with Gasteiger partial charge in [-0.25, -0.2) is 9.59 Å². The van der Waals surface area contributed by atoms with E-state index in [1.807, 2.05) is 35.2 Å². The molecule has 1 aromatic carbocycles. The summed E-state index contributed by atoms with van der Waals surface area (Å²) in [5.41, 5.74) is 1.20. The van der Waals surface area contributed by atoms with Crippen LogP contribution in [0.3, 0.4) is 0 Å². The molecule has 8 nitrogen and oxygen atoms in total. The summed E-state index contributed by atoms with van der Waals surface area (Å²) in [5, 5.41) is 0. The number of nitrogens with zero attached hydrogens (tertiary/aromatic N) is 3. The zero-order chi connectivity index (χ0) is 20.4. The summed E-state index contributed by atoms with van der Waals surface area (Å²) in [5.74, 6) is 0.656. The van der Waals surface area contributed by atoms with Crippen molar-refractivity contribution in [3.63, 3.8) is 0 Å². The Morgan fingerprint density at radius 3 is 2.45 bits per heavy atom. The highest BCUT2D eigenvalue weighted by Gasteiger charge is 2.43. The number of aromatic nitrogens is 1. The van der Waals surface area contributed by atoms with Crippen LogP contribution < -0.4 is 4.90 Å². The fourth-order valence-corrected chi connectivity index (χ4v) is 4.02. The summed E-state index contributed by atoms with van der Waals surface area (Å²) in [7, 11) is 0. The molecule has 2 fully saturated rings. The van der Waals surface area contributed by atoms with Crippen molar-refractivity contribution in [1.82, 2.24) is 9.88 Å². The number of hydrogen-bond donors (Lipinski definition) is 0. The average Bonchev–Trinajstić information content (AvgIpc) is 3.39. The van der Waals surface area contributed by atoms with E-state index in [4.69, 9.17) is 13.9 Å². The molecule has 1 aromatic heterocycles. The Labute approximate surface area is 169 Å². The first-order chi connectivity index (χ1) is 14.0. The van der Waals surface area contributed by atoms with Gasteiger partial charge in [-0.3, -0.25) is 0 Å². The van der Waals surface area contributed by atoms with Crippen molar-refractivity contribution in [3.8, 4) is 0 Å². The Balaban J connectivity index is 1.31. The van der Waals surface area contributed by atoms with Crippen LogP contribution in [0.25, 0.3) is 0 Å². The molecule has 1 amide bonds. The molecule has 154 valence electrons. The van der Waals surface area contributed by atoms with Crippen molar-refractivity contribution in [1.29, 1.82) is 0 Å². The van der Waals surface area contributed by atoms with Gasteiger partial charge >= 0.3 is 12.1 Å². The molecule has 29 heavy (non-hydrogen) atoms. The van der Waals surface area contributed by atoms with Crippen molar-refractivity contribution >= 4 is 18.1 Å². The van der Waals surface area contributed by atoms with Crippen molar-refractivity contribution in [3.05, 3.63) is 47.3 Å². The van der Waals surface area contributed by atoms with Crippen LogP contribution in [0.4, 0.5) is 10.8 Å². The molecule has 4 rings (SSSR count). The van der Waals surface area contributed by atoms with E-state index in [0.29, 0.717) is 43.3 Å². The third-order valence-electron chi connectivity index (χ3n) is 5.47. The quantitative estimate of drug-likeness (QED) is 0.715. The second-order valence-corrected chi connectivity index (χ2v) is 7.49. The Kier molecular flexibility index (Phi) is 5.42. The molecule has 0 saturated carbocycles. The molecule has 0 radical (unpaired) electrons. The molecule has 2 saturated heterocycles. The fourth-order valence-electron chi connectivity index (χ4n) is 4.02. The lowest BCUT2D eigenvalue weighted by Gasteiger charge is -2.20. The summed E-state index contributed by atoms with van der Waals surface area (Å²) in [6, 6.07) is 10.1. The van der Waals surface area contributed by atoms with Gasteiger partial charge < -0.3 is 23.7 Å². The molecular formula is C21H25N3O5. The van der Waals surface area contributed by atoms with E-state index in [0.717, 1.165) is 18.7 Å². The molecule has 0 unspecified atom stereocenters. The lowest BCUT2D eigenvalue weighted by molar-refractivity contribution is 0.0518. The fraction of sp³-hybridized carbons (Fsp3) is 0.476. The predicted molar refractivity (Wildman–Crippen MR) is 105 cm³/mol.